The van der Waals surface area contributed by atoms with Crippen molar-refractivity contribution in [1.82, 2.24) is 4.90 Å². The molecular formula is C22H26N2O3. The number of fused-ring (bicyclic) bond motifs is 1. The highest BCUT2D eigenvalue weighted by atomic mass is 16.5. The summed E-state index contributed by atoms with van der Waals surface area (Å²) in [6, 6.07) is 15.4. The van der Waals surface area contributed by atoms with Crippen molar-refractivity contribution in [2.75, 3.05) is 31.7 Å². The lowest BCUT2D eigenvalue weighted by Crippen LogP contribution is -2.55. The van der Waals surface area contributed by atoms with Crippen molar-refractivity contribution in [3.8, 4) is 5.75 Å². The second-order valence-corrected chi connectivity index (χ2v) is 6.52. The highest BCUT2D eigenvalue weighted by Crippen LogP contribution is 2.38. The lowest BCUT2D eigenvalue weighted by molar-refractivity contribution is 0.0571. The molecule has 2 aromatic carbocycles. The SMILES string of the molecule is C=CCN1C(=O)c2ccccc2NC1(C)c1cccc(OCCOCC)c1. The highest BCUT2D eigenvalue weighted by Gasteiger charge is 2.41. The normalized spacial score (nSPS) is 18.6. The highest BCUT2D eigenvalue weighted by molar-refractivity contribution is 6.02. The minimum Gasteiger partial charge on any atom is -0.491 e. The zero-order valence-electron chi connectivity index (χ0n) is 15.9. The van der Waals surface area contributed by atoms with E-state index in [1.165, 1.54) is 0 Å². The maximum atomic E-state index is 13.1. The maximum Gasteiger partial charge on any atom is 0.258 e. The van der Waals surface area contributed by atoms with Crippen LogP contribution >= 0.6 is 0 Å². The Bertz CT molecular complexity index is 821. The first-order chi connectivity index (χ1) is 13.1. The van der Waals surface area contributed by atoms with Crippen LogP contribution in [-0.4, -0.2) is 37.2 Å². The van der Waals surface area contributed by atoms with Crippen LogP contribution in [0.25, 0.3) is 0 Å². The van der Waals surface area contributed by atoms with Crippen LogP contribution in [0, 0.1) is 0 Å². The number of para-hydroxylation sites is 1. The van der Waals surface area contributed by atoms with E-state index in [9.17, 15) is 4.79 Å². The predicted molar refractivity (Wildman–Crippen MR) is 107 cm³/mol. The molecule has 2 aromatic rings. The van der Waals surface area contributed by atoms with Gasteiger partial charge in [-0.3, -0.25) is 4.79 Å². The molecule has 1 amide bonds. The van der Waals surface area contributed by atoms with Crippen molar-refractivity contribution in [3.63, 3.8) is 0 Å². The van der Waals surface area contributed by atoms with E-state index in [4.69, 9.17) is 9.47 Å². The molecule has 1 N–H and O–H groups in total. The van der Waals surface area contributed by atoms with Crippen LogP contribution in [0.1, 0.15) is 29.8 Å². The summed E-state index contributed by atoms with van der Waals surface area (Å²) in [5.74, 6) is 0.731. The molecule has 1 atom stereocenters. The first-order valence-corrected chi connectivity index (χ1v) is 9.21. The fourth-order valence-corrected chi connectivity index (χ4v) is 3.33. The lowest BCUT2D eigenvalue weighted by atomic mass is 9.93. The van der Waals surface area contributed by atoms with Gasteiger partial charge < -0.3 is 19.7 Å². The molecule has 0 spiro atoms. The second kappa shape index (κ2) is 8.27. The molecule has 0 saturated heterocycles. The van der Waals surface area contributed by atoms with Crippen molar-refractivity contribution in [1.29, 1.82) is 0 Å². The van der Waals surface area contributed by atoms with Crippen LogP contribution in [0.15, 0.2) is 61.2 Å². The number of benzene rings is 2. The van der Waals surface area contributed by atoms with E-state index in [-0.39, 0.29) is 5.91 Å². The molecule has 1 aliphatic rings. The van der Waals surface area contributed by atoms with Gasteiger partial charge >= 0.3 is 0 Å². The van der Waals surface area contributed by atoms with Crippen LogP contribution in [0.4, 0.5) is 5.69 Å². The van der Waals surface area contributed by atoms with Gasteiger partial charge in [0.25, 0.3) is 5.91 Å². The van der Waals surface area contributed by atoms with Crippen LogP contribution in [-0.2, 0) is 10.4 Å². The van der Waals surface area contributed by atoms with E-state index < -0.39 is 5.66 Å². The molecule has 1 unspecified atom stereocenters. The standard InChI is InChI=1S/C22H26N2O3/c1-4-13-24-21(25)19-11-6-7-12-20(19)23-22(24,3)17-9-8-10-18(16-17)27-15-14-26-5-2/h4,6-12,16,23H,1,5,13-15H2,2-3H3. The largest absolute Gasteiger partial charge is 0.491 e. The number of carbonyl (C=O) groups is 1. The fourth-order valence-electron chi connectivity index (χ4n) is 3.33. The fraction of sp³-hybridized carbons (Fsp3) is 0.318. The number of hydrogen-bond donors (Lipinski definition) is 1. The molecular weight excluding hydrogens is 340 g/mol. The van der Waals surface area contributed by atoms with E-state index in [1.807, 2.05) is 62.4 Å². The monoisotopic (exact) mass is 366 g/mol. The Hall–Kier alpha value is -2.79. The maximum absolute atomic E-state index is 13.1. The Labute approximate surface area is 160 Å². The van der Waals surface area contributed by atoms with Gasteiger partial charge in [0.1, 0.15) is 18.0 Å². The number of amides is 1. The quantitative estimate of drug-likeness (QED) is 0.566. The number of nitrogens with one attached hydrogen (secondary N) is 1. The third-order valence-corrected chi connectivity index (χ3v) is 4.73. The van der Waals surface area contributed by atoms with Crippen LogP contribution in [0.2, 0.25) is 0 Å². The van der Waals surface area contributed by atoms with E-state index >= 15 is 0 Å². The van der Waals surface area contributed by atoms with Gasteiger partial charge in [0.15, 0.2) is 0 Å². The number of rotatable bonds is 8. The predicted octanol–water partition coefficient (Wildman–Crippen LogP) is 4.03. The molecule has 3 rings (SSSR count). The molecule has 5 nitrogen and oxygen atoms in total. The van der Waals surface area contributed by atoms with E-state index in [0.717, 1.165) is 17.0 Å². The molecule has 0 bridgehead atoms. The Balaban J connectivity index is 1.93. The smallest absolute Gasteiger partial charge is 0.258 e. The van der Waals surface area contributed by atoms with Gasteiger partial charge in [-0.25, -0.2) is 0 Å². The third-order valence-electron chi connectivity index (χ3n) is 4.73. The molecule has 1 heterocycles. The van der Waals surface area contributed by atoms with Gasteiger partial charge in [-0.15, -0.1) is 6.58 Å². The third kappa shape index (κ3) is 3.83. The van der Waals surface area contributed by atoms with Crippen molar-refractivity contribution in [2.45, 2.75) is 19.5 Å². The summed E-state index contributed by atoms with van der Waals surface area (Å²) in [4.78, 5) is 14.9. The van der Waals surface area contributed by atoms with Gasteiger partial charge in [0.2, 0.25) is 0 Å². The first kappa shape index (κ1) is 19.0. The lowest BCUT2D eigenvalue weighted by Gasteiger charge is -2.46. The van der Waals surface area contributed by atoms with Crippen LogP contribution in [0.3, 0.4) is 0 Å². The molecule has 142 valence electrons. The zero-order chi connectivity index (χ0) is 19.3. The minimum atomic E-state index is -0.709. The topological polar surface area (TPSA) is 50.8 Å². The van der Waals surface area contributed by atoms with Crippen LogP contribution in [0.5, 0.6) is 5.75 Å². The van der Waals surface area contributed by atoms with Crippen molar-refractivity contribution in [2.24, 2.45) is 0 Å². The van der Waals surface area contributed by atoms with Gasteiger partial charge in [-0.05, 0) is 38.1 Å². The summed E-state index contributed by atoms with van der Waals surface area (Å²) >= 11 is 0. The molecule has 0 aliphatic carbocycles. The summed E-state index contributed by atoms with van der Waals surface area (Å²) in [5.41, 5.74) is 1.73. The molecule has 0 saturated carbocycles. The number of carbonyl (C=O) groups excluding carboxylic acids is 1. The van der Waals surface area contributed by atoms with Gasteiger partial charge in [-0.2, -0.15) is 0 Å². The number of anilines is 1. The summed E-state index contributed by atoms with van der Waals surface area (Å²) in [6.07, 6.45) is 1.74. The van der Waals surface area contributed by atoms with Crippen LogP contribution < -0.4 is 10.1 Å². The van der Waals surface area contributed by atoms with Crippen molar-refractivity contribution >= 4 is 11.6 Å². The minimum absolute atomic E-state index is 0.0191. The molecule has 27 heavy (non-hydrogen) atoms. The molecule has 0 fully saturated rings. The zero-order valence-corrected chi connectivity index (χ0v) is 15.9. The Morgan fingerprint density at radius 2 is 2.00 bits per heavy atom. The Morgan fingerprint density at radius 3 is 2.78 bits per heavy atom. The Morgan fingerprint density at radius 1 is 1.19 bits per heavy atom. The van der Waals surface area contributed by atoms with E-state index in [1.54, 1.807) is 11.0 Å². The number of ether oxygens (including phenoxy) is 2. The Kier molecular flexibility index (Phi) is 5.81. The summed E-state index contributed by atoms with van der Waals surface area (Å²) in [7, 11) is 0. The number of nitrogens with zero attached hydrogens (tertiary/aromatic N) is 1. The molecule has 5 heteroatoms. The van der Waals surface area contributed by atoms with Crippen molar-refractivity contribution < 1.29 is 14.3 Å². The summed E-state index contributed by atoms with van der Waals surface area (Å²) in [6.45, 7) is 9.92. The van der Waals surface area contributed by atoms with E-state index in [0.29, 0.717) is 31.9 Å². The summed E-state index contributed by atoms with van der Waals surface area (Å²) in [5, 5.41) is 3.54. The number of hydrogen-bond acceptors (Lipinski definition) is 4. The average molecular weight is 366 g/mol. The average Bonchev–Trinajstić information content (AvgIpc) is 2.69. The first-order valence-electron chi connectivity index (χ1n) is 9.21. The van der Waals surface area contributed by atoms with Gasteiger partial charge in [0, 0.05) is 24.4 Å². The summed E-state index contributed by atoms with van der Waals surface area (Å²) < 4.78 is 11.1. The molecule has 0 radical (unpaired) electrons. The molecule has 0 aromatic heterocycles. The molecule has 1 aliphatic heterocycles. The van der Waals surface area contributed by atoms with Crippen molar-refractivity contribution in [3.05, 3.63) is 72.3 Å². The second-order valence-electron chi connectivity index (χ2n) is 6.52. The van der Waals surface area contributed by atoms with Gasteiger partial charge in [-0.1, -0.05) is 30.3 Å². The van der Waals surface area contributed by atoms with E-state index in [2.05, 4.69) is 11.9 Å². The van der Waals surface area contributed by atoms with Gasteiger partial charge in [0.05, 0.1) is 12.2 Å².